The van der Waals surface area contributed by atoms with Crippen LogP contribution in [0.3, 0.4) is 0 Å². The summed E-state index contributed by atoms with van der Waals surface area (Å²) in [4.78, 5) is 13.8. The van der Waals surface area contributed by atoms with Crippen LogP contribution in [0.5, 0.6) is 11.5 Å². The van der Waals surface area contributed by atoms with Crippen LogP contribution in [0, 0.1) is 0 Å². The van der Waals surface area contributed by atoms with Crippen LogP contribution in [0.4, 0.5) is 0 Å². The van der Waals surface area contributed by atoms with Gasteiger partial charge in [-0.25, -0.2) is 0 Å². The highest BCUT2D eigenvalue weighted by Gasteiger charge is 2.22. The smallest absolute Gasteiger partial charge is 0.224 e. The molecular formula is C16H24N2O3. The lowest BCUT2D eigenvalue weighted by atomic mass is 9.98. The number of carbonyl (C=O) groups excluding carboxylic acids is 1. The van der Waals surface area contributed by atoms with Crippen molar-refractivity contribution >= 4 is 5.91 Å². The molecule has 2 N–H and O–H groups in total. The summed E-state index contributed by atoms with van der Waals surface area (Å²) in [6, 6.07) is 4.06. The van der Waals surface area contributed by atoms with E-state index in [1.54, 1.807) is 0 Å². The molecule has 1 aromatic rings. The van der Waals surface area contributed by atoms with Gasteiger partial charge in [0.15, 0.2) is 11.5 Å². The molecular weight excluding hydrogens is 268 g/mol. The van der Waals surface area contributed by atoms with Crippen LogP contribution < -0.4 is 15.2 Å². The van der Waals surface area contributed by atoms with Gasteiger partial charge in [0.1, 0.15) is 0 Å². The van der Waals surface area contributed by atoms with E-state index in [1.165, 1.54) is 5.56 Å². The highest BCUT2D eigenvalue weighted by molar-refractivity contribution is 5.76. The summed E-state index contributed by atoms with van der Waals surface area (Å²) in [6.07, 6.45) is 1.25. The zero-order valence-corrected chi connectivity index (χ0v) is 12.9. The Hall–Kier alpha value is -1.75. The predicted octanol–water partition coefficient (Wildman–Crippen LogP) is 1.72. The minimum Gasteiger partial charge on any atom is -0.490 e. The molecule has 1 aromatic carbocycles. The molecule has 2 rings (SSSR count). The average Bonchev–Trinajstić information content (AvgIpc) is 2.48. The van der Waals surface area contributed by atoms with Crippen LogP contribution in [0.15, 0.2) is 12.1 Å². The SMILES string of the molecule is CCOc1cc2c(cc1OCC)CN(C(=O)CCN)CC2. The van der Waals surface area contributed by atoms with E-state index in [-0.39, 0.29) is 5.91 Å². The molecule has 1 amide bonds. The zero-order valence-electron chi connectivity index (χ0n) is 12.9. The summed E-state index contributed by atoms with van der Waals surface area (Å²) in [5, 5.41) is 0. The average molecular weight is 292 g/mol. The number of hydrogen-bond acceptors (Lipinski definition) is 4. The number of hydrogen-bond donors (Lipinski definition) is 1. The standard InChI is InChI=1S/C16H24N2O3/c1-3-20-14-9-12-6-8-18(16(19)5-7-17)11-13(12)10-15(14)21-4-2/h9-10H,3-8,11,17H2,1-2H3. The fraction of sp³-hybridized carbons (Fsp3) is 0.562. The van der Waals surface area contributed by atoms with Crippen LogP contribution in [-0.4, -0.2) is 37.1 Å². The summed E-state index contributed by atoms with van der Waals surface area (Å²) in [5.74, 6) is 1.67. The molecule has 0 radical (unpaired) electrons. The van der Waals surface area contributed by atoms with Crippen molar-refractivity contribution in [1.29, 1.82) is 0 Å². The first-order chi connectivity index (χ1) is 10.2. The van der Waals surface area contributed by atoms with Crippen LogP contribution in [0.2, 0.25) is 0 Å². The topological polar surface area (TPSA) is 64.8 Å². The van der Waals surface area contributed by atoms with Gasteiger partial charge >= 0.3 is 0 Å². The van der Waals surface area contributed by atoms with Gasteiger partial charge in [0.2, 0.25) is 5.91 Å². The van der Waals surface area contributed by atoms with E-state index in [1.807, 2.05) is 24.8 Å². The maximum absolute atomic E-state index is 12.0. The third-order valence-electron chi connectivity index (χ3n) is 3.59. The summed E-state index contributed by atoms with van der Waals surface area (Å²) in [5.41, 5.74) is 7.84. The summed E-state index contributed by atoms with van der Waals surface area (Å²) >= 11 is 0. The van der Waals surface area contributed by atoms with E-state index in [2.05, 4.69) is 6.07 Å². The Labute approximate surface area is 126 Å². The number of benzene rings is 1. The van der Waals surface area contributed by atoms with Crippen molar-refractivity contribution < 1.29 is 14.3 Å². The molecule has 0 atom stereocenters. The van der Waals surface area contributed by atoms with E-state index in [9.17, 15) is 4.79 Å². The van der Waals surface area contributed by atoms with E-state index in [4.69, 9.17) is 15.2 Å². The first kappa shape index (κ1) is 15.6. The number of ether oxygens (including phenoxy) is 2. The van der Waals surface area contributed by atoms with Gasteiger partial charge in [-0.3, -0.25) is 4.79 Å². The second kappa shape index (κ2) is 7.31. The number of carbonyl (C=O) groups is 1. The normalized spacial score (nSPS) is 13.8. The molecule has 116 valence electrons. The molecule has 21 heavy (non-hydrogen) atoms. The van der Waals surface area contributed by atoms with Crippen molar-refractivity contribution in [2.24, 2.45) is 5.73 Å². The predicted molar refractivity (Wildman–Crippen MR) is 81.6 cm³/mol. The molecule has 0 spiro atoms. The molecule has 5 nitrogen and oxygen atoms in total. The van der Waals surface area contributed by atoms with E-state index in [0.29, 0.717) is 32.7 Å². The minimum absolute atomic E-state index is 0.120. The highest BCUT2D eigenvalue weighted by atomic mass is 16.5. The lowest BCUT2D eigenvalue weighted by Gasteiger charge is -2.29. The lowest BCUT2D eigenvalue weighted by Crippen LogP contribution is -2.36. The first-order valence-electron chi connectivity index (χ1n) is 7.58. The Morgan fingerprint density at radius 1 is 1.19 bits per heavy atom. The summed E-state index contributed by atoms with van der Waals surface area (Å²) < 4.78 is 11.3. The van der Waals surface area contributed by atoms with Crippen LogP contribution in [-0.2, 0) is 17.8 Å². The van der Waals surface area contributed by atoms with Crippen LogP contribution >= 0.6 is 0 Å². The summed E-state index contributed by atoms with van der Waals surface area (Å²) in [7, 11) is 0. The number of nitrogens with zero attached hydrogens (tertiary/aromatic N) is 1. The van der Waals surface area contributed by atoms with Crippen LogP contribution in [0.1, 0.15) is 31.4 Å². The molecule has 1 aliphatic rings. The highest BCUT2D eigenvalue weighted by Crippen LogP contribution is 2.33. The Morgan fingerprint density at radius 2 is 1.81 bits per heavy atom. The molecule has 1 aliphatic heterocycles. The third-order valence-corrected chi connectivity index (χ3v) is 3.59. The molecule has 0 saturated heterocycles. The number of fused-ring (bicyclic) bond motifs is 1. The molecule has 0 bridgehead atoms. The van der Waals surface area contributed by atoms with E-state index in [0.717, 1.165) is 30.0 Å². The molecule has 0 saturated carbocycles. The fourth-order valence-electron chi connectivity index (χ4n) is 2.60. The second-order valence-electron chi connectivity index (χ2n) is 5.04. The van der Waals surface area contributed by atoms with Gasteiger partial charge in [0, 0.05) is 26.1 Å². The minimum atomic E-state index is 0.120. The van der Waals surface area contributed by atoms with Gasteiger partial charge in [-0.15, -0.1) is 0 Å². The Kier molecular flexibility index (Phi) is 5.44. The van der Waals surface area contributed by atoms with Gasteiger partial charge < -0.3 is 20.1 Å². The van der Waals surface area contributed by atoms with Gasteiger partial charge in [-0.1, -0.05) is 0 Å². The first-order valence-corrected chi connectivity index (χ1v) is 7.58. The Bertz CT molecular complexity index is 503. The summed E-state index contributed by atoms with van der Waals surface area (Å²) in [6.45, 7) is 6.88. The van der Waals surface area contributed by atoms with Gasteiger partial charge in [-0.2, -0.15) is 0 Å². The molecule has 0 aromatic heterocycles. The lowest BCUT2D eigenvalue weighted by molar-refractivity contribution is -0.131. The van der Waals surface area contributed by atoms with Crippen molar-refractivity contribution in [3.05, 3.63) is 23.3 Å². The van der Waals surface area contributed by atoms with Crippen LogP contribution in [0.25, 0.3) is 0 Å². The van der Waals surface area contributed by atoms with Gasteiger partial charge in [0.05, 0.1) is 13.2 Å². The largest absolute Gasteiger partial charge is 0.490 e. The van der Waals surface area contributed by atoms with E-state index < -0.39 is 0 Å². The Morgan fingerprint density at radius 3 is 2.38 bits per heavy atom. The molecule has 0 aliphatic carbocycles. The van der Waals surface area contributed by atoms with Gasteiger partial charge in [-0.05, 0) is 43.5 Å². The quantitative estimate of drug-likeness (QED) is 0.867. The molecule has 1 heterocycles. The van der Waals surface area contributed by atoms with Crippen molar-refractivity contribution in [2.75, 3.05) is 26.3 Å². The van der Waals surface area contributed by atoms with Crippen molar-refractivity contribution in [3.63, 3.8) is 0 Å². The zero-order chi connectivity index (χ0) is 15.2. The van der Waals surface area contributed by atoms with Gasteiger partial charge in [0.25, 0.3) is 0 Å². The number of nitrogens with two attached hydrogens (primary N) is 1. The maximum atomic E-state index is 12.0. The molecule has 5 heteroatoms. The van der Waals surface area contributed by atoms with Crippen molar-refractivity contribution in [3.8, 4) is 11.5 Å². The fourth-order valence-corrected chi connectivity index (χ4v) is 2.60. The maximum Gasteiger partial charge on any atom is 0.224 e. The molecule has 0 fully saturated rings. The third kappa shape index (κ3) is 3.67. The second-order valence-corrected chi connectivity index (χ2v) is 5.04. The monoisotopic (exact) mass is 292 g/mol. The van der Waals surface area contributed by atoms with E-state index >= 15 is 0 Å². The van der Waals surface area contributed by atoms with Crippen molar-refractivity contribution in [1.82, 2.24) is 4.90 Å². The molecule has 0 unspecified atom stereocenters. The number of amides is 1. The Balaban J connectivity index is 2.22. The van der Waals surface area contributed by atoms with Crippen molar-refractivity contribution in [2.45, 2.75) is 33.2 Å². The number of rotatable bonds is 6.